The van der Waals surface area contributed by atoms with Gasteiger partial charge in [-0.1, -0.05) is 65.8 Å². The Morgan fingerprint density at radius 3 is 2.14 bits per heavy atom. The van der Waals surface area contributed by atoms with Crippen molar-refractivity contribution in [2.45, 2.75) is 38.5 Å². The van der Waals surface area contributed by atoms with Gasteiger partial charge in [0.25, 0.3) is 0 Å². The molecule has 0 aliphatic carbocycles. The van der Waals surface area contributed by atoms with Crippen molar-refractivity contribution >= 4 is 45.0 Å². The summed E-state index contributed by atoms with van der Waals surface area (Å²) in [6.45, 7) is 0.316. The average molecular weight is 577 g/mol. The van der Waals surface area contributed by atoms with E-state index in [-0.39, 0.29) is 13.2 Å². The molecule has 2 heterocycles. The van der Waals surface area contributed by atoms with E-state index >= 15 is 0 Å². The lowest BCUT2D eigenvalue weighted by molar-refractivity contribution is -0.127. The Kier molecular flexibility index (Phi) is 10.7. The highest BCUT2D eigenvalue weighted by Gasteiger charge is 2.31. The molecule has 2 aromatic carbocycles. The highest BCUT2D eigenvalue weighted by molar-refractivity contribution is 9.18. The molecule has 2 atom stereocenters. The first-order chi connectivity index (χ1) is 18.0. The number of carbonyl (C=O) groups is 3. The van der Waals surface area contributed by atoms with E-state index in [1.807, 2.05) is 60.7 Å². The number of rotatable bonds is 7. The first-order valence-electron chi connectivity index (χ1n) is 11.0. The Morgan fingerprint density at radius 1 is 1.00 bits per heavy atom. The summed E-state index contributed by atoms with van der Waals surface area (Å²) in [5.41, 5.74) is 1.76. The number of amides is 3. The Morgan fingerprint density at radius 2 is 1.62 bits per heavy atom. The summed E-state index contributed by atoms with van der Waals surface area (Å²) in [7, 11) is 1.50. The van der Waals surface area contributed by atoms with Gasteiger partial charge in [-0.2, -0.15) is 0 Å². The predicted octanol–water partition coefficient (Wildman–Crippen LogP) is 3.86. The number of hydrogen-bond donors (Lipinski definition) is 1. The minimum absolute atomic E-state index is 0.0960. The zero-order valence-corrected chi connectivity index (χ0v) is 21.4. The zero-order chi connectivity index (χ0) is 26.5. The van der Waals surface area contributed by atoms with Crippen LogP contribution in [0.1, 0.15) is 24.0 Å². The number of ether oxygens (including phenoxy) is 3. The van der Waals surface area contributed by atoms with Gasteiger partial charge in [0.1, 0.15) is 17.8 Å². The van der Waals surface area contributed by atoms with Crippen LogP contribution in [0.4, 0.5) is 9.59 Å². The number of nitrogens with zero attached hydrogens (tertiary/aromatic N) is 3. The molecule has 2 aliphatic rings. The van der Waals surface area contributed by atoms with Crippen LogP contribution in [0.2, 0.25) is 0 Å². The Bertz CT molecular complexity index is 1100. The second-order valence-corrected chi connectivity index (χ2v) is 8.39. The summed E-state index contributed by atoms with van der Waals surface area (Å²) in [6, 6.07) is 18.6. The molecule has 12 nitrogen and oxygen atoms in total. The lowest BCUT2D eigenvalue weighted by atomic mass is 10.2. The number of imide groups is 1. The molecule has 0 spiro atoms. The van der Waals surface area contributed by atoms with Gasteiger partial charge in [0.15, 0.2) is 0 Å². The molecule has 2 aliphatic heterocycles. The number of nitrogens with one attached hydrogen (secondary N) is 1. The lowest BCUT2D eigenvalue weighted by Gasteiger charge is -2.19. The number of hydrogen-bond acceptors (Lipinski definition) is 10. The maximum atomic E-state index is 11.8. The van der Waals surface area contributed by atoms with Crippen LogP contribution in [0.5, 0.6) is 0 Å². The average Bonchev–Trinajstić information content (AvgIpc) is 3.57. The summed E-state index contributed by atoms with van der Waals surface area (Å²) < 4.78 is 15.5. The molecule has 0 saturated heterocycles. The molecular weight excluding hydrogens is 552 g/mol. The molecule has 1 N–H and O–H groups in total. The van der Waals surface area contributed by atoms with Crippen LogP contribution in [-0.4, -0.2) is 53.6 Å². The molecule has 0 aromatic heterocycles. The monoisotopic (exact) mass is 576 g/mol. The molecule has 0 radical (unpaired) electrons. The van der Waals surface area contributed by atoms with Crippen LogP contribution in [0, 0.1) is 0 Å². The second kappa shape index (κ2) is 14.4. The van der Waals surface area contributed by atoms with Gasteiger partial charge in [0.2, 0.25) is 24.8 Å². The van der Waals surface area contributed by atoms with E-state index in [1.165, 1.54) is 7.11 Å². The van der Waals surface area contributed by atoms with E-state index in [4.69, 9.17) is 23.9 Å². The van der Waals surface area contributed by atoms with Crippen molar-refractivity contribution in [3.63, 3.8) is 0 Å². The van der Waals surface area contributed by atoms with Gasteiger partial charge >= 0.3 is 12.2 Å². The Balaban J connectivity index is 0.000000206. The molecule has 4 rings (SSSR count). The minimum Gasteiger partial charge on any atom is -0.482 e. The van der Waals surface area contributed by atoms with Gasteiger partial charge in [-0.15, -0.1) is 0 Å². The smallest absolute Gasteiger partial charge is 0.419 e. The molecule has 2 aromatic rings. The van der Waals surface area contributed by atoms with Crippen molar-refractivity contribution in [3.05, 3.63) is 71.8 Å². The largest absolute Gasteiger partial charge is 0.482 e. The Labute approximate surface area is 221 Å². The van der Waals surface area contributed by atoms with Crippen LogP contribution in [0.15, 0.2) is 71.0 Å². The molecule has 37 heavy (non-hydrogen) atoms. The third-order valence-electron chi connectivity index (χ3n) is 4.83. The standard InChI is InChI=1S/C12H11BrN2O4.C12H14N2O4/c13-10-6-11(19-14-10)15(8-16)12(17)18-7-9-4-2-1-3-5-9;1-16-11-7-10(18-14-11)13-12(15)17-8-9-5-3-2-4-6-9/h1-5,8,11H,6-7H2;2-6,10H,7-8H2,1H3,(H,13,15). The van der Waals surface area contributed by atoms with Crippen molar-refractivity contribution in [1.82, 2.24) is 10.2 Å². The van der Waals surface area contributed by atoms with Crippen molar-refractivity contribution < 1.29 is 38.3 Å². The highest BCUT2D eigenvalue weighted by atomic mass is 79.9. The van der Waals surface area contributed by atoms with Crippen LogP contribution >= 0.6 is 15.9 Å². The number of oxime groups is 2. The molecule has 3 amide bonds. The topological polar surface area (TPSA) is 137 Å². The third kappa shape index (κ3) is 9.11. The summed E-state index contributed by atoms with van der Waals surface area (Å²) in [4.78, 5) is 44.9. The molecule has 13 heteroatoms. The fraction of sp³-hybridized carbons (Fsp3) is 0.292. The summed E-state index contributed by atoms with van der Waals surface area (Å²) in [6.07, 6.45) is -1.49. The number of methoxy groups -OCH3 is 1. The van der Waals surface area contributed by atoms with E-state index < -0.39 is 24.6 Å². The number of halogens is 1. The van der Waals surface area contributed by atoms with Gasteiger partial charge in [-0.05, 0) is 32.2 Å². The zero-order valence-electron chi connectivity index (χ0n) is 19.8. The quantitative estimate of drug-likeness (QED) is 0.490. The van der Waals surface area contributed by atoms with Gasteiger partial charge < -0.3 is 23.9 Å². The summed E-state index contributed by atoms with van der Waals surface area (Å²) in [5, 5.41) is 9.78. The number of benzene rings is 2. The molecule has 0 fully saturated rings. The second-order valence-electron chi connectivity index (χ2n) is 7.48. The first-order valence-corrected chi connectivity index (χ1v) is 11.8. The third-order valence-corrected chi connectivity index (χ3v) is 5.29. The maximum absolute atomic E-state index is 11.8. The van der Waals surface area contributed by atoms with E-state index in [1.54, 1.807) is 0 Å². The van der Waals surface area contributed by atoms with Crippen LogP contribution in [-0.2, 0) is 41.9 Å². The predicted molar refractivity (Wildman–Crippen MR) is 134 cm³/mol. The number of carbonyl (C=O) groups excluding carboxylic acids is 3. The van der Waals surface area contributed by atoms with Gasteiger partial charge in [0, 0.05) is 0 Å². The van der Waals surface area contributed by atoms with Gasteiger partial charge in [-0.3, -0.25) is 10.1 Å². The van der Waals surface area contributed by atoms with E-state index in [2.05, 4.69) is 31.6 Å². The SMILES string of the molecule is COC1=NOC(NC(=O)OCc2ccccc2)C1.O=CN(C(=O)OCc1ccccc1)C1CC(Br)=NO1. The van der Waals surface area contributed by atoms with E-state index in [0.717, 1.165) is 16.0 Å². The Hall–Kier alpha value is -4.13. The number of alkyl carbamates (subject to hydrolysis) is 1. The minimum atomic E-state index is -0.763. The van der Waals surface area contributed by atoms with Crippen molar-refractivity contribution in [2.24, 2.45) is 10.3 Å². The maximum Gasteiger partial charge on any atom is 0.419 e. The van der Waals surface area contributed by atoms with E-state index in [9.17, 15) is 14.4 Å². The summed E-state index contributed by atoms with van der Waals surface area (Å²) in [5.74, 6) is 0.448. The summed E-state index contributed by atoms with van der Waals surface area (Å²) >= 11 is 3.13. The van der Waals surface area contributed by atoms with Crippen LogP contribution < -0.4 is 5.32 Å². The lowest BCUT2D eigenvalue weighted by Crippen LogP contribution is -2.39. The molecule has 0 bridgehead atoms. The fourth-order valence-electron chi connectivity index (χ4n) is 2.96. The van der Waals surface area contributed by atoms with Crippen molar-refractivity contribution in [3.8, 4) is 0 Å². The van der Waals surface area contributed by atoms with Crippen molar-refractivity contribution in [2.75, 3.05) is 7.11 Å². The van der Waals surface area contributed by atoms with Crippen molar-refractivity contribution in [1.29, 1.82) is 0 Å². The molecule has 0 saturated carbocycles. The van der Waals surface area contributed by atoms with Gasteiger partial charge in [0.05, 0.1) is 20.0 Å². The fourth-order valence-corrected chi connectivity index (χ4v) is 3.32. The van der Waals surface area contributed by atoms with Crippen LogP contribution in [0.25, 0.3) is 0 Å². The van der Waals surface area contributed by atoms with Crippen LogP contribution in [0.3, 0.4) is 0 Å². The van der Waals surface area contributed by atoms with E-state index in [0.29, 0.717) is 29.8 Å². The highest BCUT2D eigenvalue weighted by Crippen LogP contribution is 2.18. The normalized spacial score (nSPS) is 17.5. The first kappa shape index (κ1) is 27.5. The molecule has 2 unspecified atom stereocenters. The van der Waals surface area contributed by atoms with Gasteiger partial charge in [-0.25, -0.2) is 14.5 Å². The molecule has 196 valence electrons. The molecular formula is C24H25BrN4O8.